The Bertz CT molecular complexity index is 236. The Morgan fingerprint density at radius 2 is 1.88 bits per heavy atom. The van der Waals surface area contributed by atoms with Gasteiger partial charge in [-0.15, -0.1) is 0 Å². The van der Waals surface area contributed by atoms with Crippen molar-refractivity contribution in [3.63, 3.8) is 0 Å². The van der Waals surface area contributed by atoms with Crippen LogP contribution in [0.2, 0.25) is 0 Å². The molecule has 2 rings (SSSR count). The molecule has 1 N–H and O–H groups in total. The Morgan fingerprint density at radius 1 is 1.19 bits per heavy atom. The molecule has 0 amide bonds. The van der Waals surface area contributed by atoms with Gasteiger partial charge in [0.05, 0.1) is 0 Å². The number of hydrogen-bond donors (Lipinski definition) is 1. The lowest BCUT2D eigenvalue weighted by Gasteiger charge is -2.38. The summed E-state index contributed by atoms with van der Waals surface area (Å²) in [7, 11) is 0. The summed E-state index contributed by atoms with van der Waals surface area (Å²) in [6, 6.07) is 1.35. The van der Waals surface area contributed by atoms with Crippen molar-refractivity contribution in [3.8, 4) is 0 Å². The van der Waals surface area contributed by atoms with Crippen LogP contribution in [-0.4, -0.2) is 28.6 Å². The first kappa shape index (κ1) is 12.2. The first-order chi connectivity index (χ1) is 7.81. The molecule has 2 nitrogen and oxygen atoms in total. The van der Waals surface area contributed by atoms with Crippen LogP contribution in [0.15, 0.2) is 0 Å². The molecule has 0 bridgehead atoms. The maximum Gasteiger partial charge on any atom is 0.169 e. The van der Waals surface area contributed by atoms with E-state index in [4.69, 9.17) is 12.2 Å². The molecule has 1 aliphatic heterocycles. The molecule has 2 fully saturated rings. The molecule has 1 saturated heterocycles. The minimum absolute atomic E-state index is 0.659. The summed E-state index contributed by atoms with van der Waals surface area (Å²) in [6.45, 7) is 3.44. The smallest absolute Gasteiger partial charge is 0.169 e. The average molecular weight is 240 g/mol. The normalized spacial score (nSPS) is 27.1. The van der Waals surface area contributed by atoms with E-state index in [2.05, 4.69) is 17.1 Å². The molecule has 0 spiro atoms. The molecule has 0 aromatic rings. The molecule has 0 aromatic carbocycles. The number of hydrogen-bond acceptors (Lipinski definition) is 1. The van der Waals surface area contributed by atoms with Crippen molar-refractivity contribution in [2.24, 2.45) is 0 Å². The van der Waals surface area contributed by atoms with Crippen molar-refractivity contribution in [2.45, 2.75) is 70.4 Å². The van der Waals surface area contributed by atoms with Crippen LogP contribution in [0.5, 0.6) is 0 Å². The molecule has 92 valence electrons. The van der Waals surface area contributed by atoms with Crippen LogP contribution in [-0.2, 0) is 0 Å². The fraction of sp³-hybridized carbons (Fsp3) is 0.923. The van der Waals surface area contributed by atoms with Gasteiger partial charge >= 0.3 is 0 Å². The second kappa shape index (κ2) is 5.85. The number of piperidine rings is 1. The lowest BCUT2D eigenvalue weighted by molar-refractivity contribution is 0.231. The van der Waals surface area contributed by atoms with Crippen LogP contribution in [0, 0.1) is 0 Å². The van der Waals surface area contributed by atoms with E-state index in [9.17, 15) is 0 Å². The van der Waals surface area contributed by atoms with Crippen molar-refractivity contribution in [1.29, 1.82) is 0 Å². The van der Waals surface area contributed by atoms with Gasteiger partial charge in [0.25, 0.3) is 0 Å². The van der Waals surface area contributed by atoms with Gasteiger partial charge in [-0.05, 0) is 50.7 Å². The van der Waals surface area contributed by atoms with E-state index in [-0.39, 0.29) is 0 Å². The minimum atomic E-state index is 0.659. The molecule has 1 aliphatic carbocycles. The summed E-state index contributed by atoms with van der Waals surface area (Å²) < 4.78 is 0. The van der Waals surface area contributed by atoms with Gasteiger partial charge in [-0.3, -0.25) is 0 Å². The number of nitrogens with one attached hydrogen (secondary N) is 1. The summed E-state index contributed by atoms with van der Waals surface area (Å²) in [5.41, 5.74) is 0. The molecule has 0 aromatic heterocycles. The highest BCUT2D eigenvalue weighted by molar-refractivity contribution is 7.80. The average Bonchev–Trinajstić information content (AvgIpc) is 2.81. The zero-order chi connectivity index (χ0) is 11.4. The summed E-state index contributed by atoms with van der Waals surface area (Å²) in [6.07, 6.45) is 10.6. The second-order valence-corrected chi connectivity index (χ2v) is 5.57. The van der Waals surface area contributed by atoms with E-state index in [0.29, 0.717) is 12.1 Å². The Kier molecular flexibility index (Phi) is 4.45. The maximum atomic E-state index is 5.57. The number of thiocarbonyl (C=S) groups is 1. The van der Waals surface area contributed by atoms with Gasteiger partial charge in [0.2, 0.25) is 0 Å². The highest BCUT2D eigenvalue weighted by Crippen LogP contribution is 2.22. The topological polar surface area (TPSA) is 15.3 Å². The summed E-state index contributed by atoms with van der Waals surface area (Å²) in [5, 5.41) is 4.60. The van der Waals surface area contributed by atoms with Crippen LogP contribution >= 0.6 is 12.2 Å². The quantitative estimate of drug-likeness (QED) is 0.747. The highest BCUT2D eigenvalue weighted by atomic mass is 32.1. The number of nitrogens with zero attached hydrogens (tertiary/aromatic N) is 1. The molecule has 1 saturated carbocycles. The monoisotopic (exact) mass is 240 g/mol. The predicted octanol–water partition coefficient (Wildman–Crippen LogP) is 3.07. The zero-order valence-corrected chi connectivity index (χ0v) is 11.2. The van der Waals surface area contributed by atoms with E-state index < -0.39 is 0 Å². The standard InChI is InChI=1S/C13H24N2S/c1-2-12-9-5-6-10-15(12)13(16)14-11-7-3-4-8-11/h11-12H,2-10H2,1H3,(H,14,16). The summed E-state index contributed by atoms with van der Waals surface area (Å²) in [4.78, 5) is 2.44. The molecule has 1 heterocycles. The van der Waals surface area contributed by atoms with Crippen molar-refractivity contribution in [3.05, 3.63) is 0 Å². The van der Waals surface area contributed by atoms with Gasteiger partial charge in [0, 0.05) is 18.6 Å². The van der Waals surface area contributed by atoms with Gasteiger partial charge in [-0.25, -0.2) is 0 Å². The molecule has 2 aliphatic rings. The Labute approximate surface area is 105 Å². The SMILES string of the molecule is CCC1CCCCN1C(=S)NC1CCCC1. The molecule has 1 atom stereocenters. The zero-order valence-electron chi connectivity index (χ0n) is 10.4. The van der Waals surface area contributed by atoms with Gasteiger partial charge in [-0.2, -0.15) is 0 Å². The summed E-state index contributed by atoms with van der Waals surface area (Å²) in [5.74, 6) is 0. The van der Waals surface area contributed by atoms with E-state index in [1.165, 1.54) is 51.4 Å². The predicted molar refractivity (Wildman–Crippen MR) is 72.6 cm³/mol. The first-order valence-electron chi connectivity index (χ1n) is 6.88. The lowest BCUT2D eigenvalue weighted by Crippen LogP contribution is -2.50. The van der Waals surface area contributed by atoms with Crippen molar-refractivity contribution >= 4 is 17.3 Å². The van der Waals surface area contributed by atoms with Crippen LogP contribution in [0.25, 0.3) is 0 Å². The van der Waals surface area contributed by atoms with E-state index in [1.54, 1.807) is 0 Å². The molecule has 0 radical (unpaired) electrons. The third-order valence-corrected chi connectivity index (χ3v) is 4.39. The summed E-state index contributed by atoms with van der Waals surface area (Å²) >= 11 is 5.57. The Hall–Kier alpha value is -0.310. The van der Waals surface area contributed by atoms with Crippen LogP contribution < -0.4 is 5.32 Å². The Balaban J connectivity index is 1.86. The fourth-order valence-electron chi connectivity index (χ4n) is 3.02. The van der Waals surface area contributed by atoms with Crippen LogP contribution in [0.4, 0.5) is 0 Å². The van der Waals surface area contributed by atoms with Gasteiger partial charge in [0.15, 0.2) is 5.11 Å². The highest BCUT2D eigenvalue weighted by Gasteiger charge is 2.25. The van der Waals surface area contributed by atoms with E-state index >= 15 is 0 Å². The lowest BCUT2D eigenvalue weighted by atomic mass is 10.0. The molecule has 3 heteroatoms. The van der Waals surface area contributed by atoms with E-state index in [0.717, 1.165) is 11.7 Å². The molecule has 1 unspecified atom stereocenters. The fourth-order valence-corrected chi connectivity index (χ4v) is 3.43. The molecular formula is C13H24N2S. The molecular weight excluding hydrogens is 216 g/mol. The van der Waals surface area contributed by atoms with Crippen molar-refractivity contribution < 1.29 is 0 Å². The van der Waals surface area contributed by atoms with Gasteiger partial charge in [-0.1, -0.05) is 19.8 Å². The Morgan fingerprint density at radius 3 is 2.56 bits per heavy atom. The number of rotatable bonds is 2. The third kappa shape index (κ3) is 2.88. The third-order valence-electron chi connectivity index (χ3n) is 4.04. The van der Waals surface area contributed by atoms with Gasteiger partial charge < -0.3 is 10.2 Å². The van der Waals surface area contributed by atoms with Crippen LogP contribution in [0.1, 0.15) is 58.3 Å². The van der Waals surface area contributed by atoms with Gasteiger partial charge in [0.1, 0.15) is 0 Å². The maximum absolute atomic E-state index is 5.57. The van der Waals surface area contributed by atoms with Crippen LogP contribution in [0.3, 0.4) is 0 Å². The largest absolute Gasteiger partial charge is 0.360 e. The molecule has 16 heavy (non-hydrogen) atoms. The minimum Gasteiger partial charge on any atom is -0.360 e. The van der Waals surface area contributed by atoms with Crippen molar-refractivity contribution in [2.75, 3.05) is 6.54 Å². The first-order valence-corrected chi connectivity index (χ1v) is 7.29. The van der Waals surface area contributed by atoms with Crippen molar-refractivity contribution in [1.82, 2.24) is 10.2 Å². The van der Waals surface area contributed by atoms with E-state index in [1.807, 2.05) is 0 Å². The second-order valence-electron chi connectivity index (χ2n) is 5.18. The number of likely N-dealkylation sites (tertiary alicyclic amines) is 1.